The van der Waals surface area contributed by atoms with Crippen molar-refractivity contribution in [1.82, 2.24) is 4.90 Å². The third kappa shape index (κ3) is 4.63. The Bertz CT molecular complexity index is 1020. The largest absolute Gasteiger partial charge is 0.508 e. The molecule has 1 unspecified atom stereocenters. The summed E-state index contributed by atoms with van der Waals surface area (Å²) in [6.45, 7) is 1.37. The van der Waals surface area contributed by atoms with Crippen LogP contribution in [0, 0.1) is 5.92 Å². The van der Waals surface area contributed by atoms with Crippen LogP contribution in [0.5, 0.6) is 17.2 Å². The van der Waals surface area contributed by atoms with Crippen molar-refractivity contribution in [3.8, 4) is 17.2 Å². The SMILES string of the molecule is NC1=NS(O)(O)Nc2cccc(OCC3CCCN(C(=O)c4cc(O)cc(O)c4)C3)c21. The van der Waals surface area contributed by atoms with E-state index < -0.39 is 11.0 Å². The molecule has 0 spiro atoms. The maximum atomic E-state index is 12.8. The molecular weight excluding hydrogens is 424 g/mol. The Kier molecular flexibility index (Phi) is 5.56. The van der Waals surface area contributed by atoms with Gasteiger partial charge in [0.05, 0.1) is 17.9 Å². The average molecular weight is 449 g/mol. The van der Waals surface area contributed by atoms with E-state index in [1.807, 2.05) is 0 Å². The summed E-state index contributed by atoms with van der Waals surface area (Å²) in [5.41, 5.74) is 7.04. The molecule has 4 rings (SSSR count). The van der Waals surface area contributed by atoms with Crippen molar-refractivity contribution in [3.63, 3.8) is 0 Å². The molecule has 1 fully saturated rings. The van der Waals surface area contributed by atoms with Crippen LogP contribution in [-0.4, -0.2) is 55.7 Å². The first-order chi connectivity index (χ1) is 14.7. The standard InChI is InChI=1S/C20H24N4O6S/c21-19-18-16(22-31(28,29)23-19)4-1-5-17(18)30-11-12-3-2-6-24(10-12)20(27)13-7-14(25)9-15(26)8-13/h1,4-5,7-9,12,22,25-26,28-29H,2-3,6,10-11H2,(H2,21,23). The van der Waals surface area contributed by atoms with Crippen molar-refractivity contribution in [2.45, 2.75) is 12.8 Å². The highest BCUT2D eigenvalue weighted by molar-refractivity contribution is 8.24. The predicted molar refractivity (Wildman–Crippen MR) is 118 cm³/mol. The number of phenols is 2. The molecule has 166 valence electrons. The maximum Gasteiger partial charge on any atom is 0.254 e. The van der Waals surface area contributed by atoms with Crippen LogP contribution >= 0.6 is 11.0 Å². The molecule has 0 aromatic heterocycles. The van der Waals surface area contributed by atoms with E-state index in [1.54, 1.807) is 23.1 Å². The third-order valence-corrected chi connectivity index (χ3v) is 6.13. The van der Waals surface area contributed by atoms with Crippen LogP contribution in [0.1, 0.15) is 28.8 Å². The van der Waals surface area contributed by atoms with Crippen molar-refractivity contribution in [3.05, 3.63) is 47.5 Å². The van der Waals surface area contributed by atoms with Gasteiger partial charge in [-0.1, -0.05) is 6.07 Å². The zero-order valence-electron chi connectivity index (χ0n) is 16.6. The number of phenolic OH excluding ortho intramolecular Hbond substituents is 2. The second kappa shape index (κ2) is 8.17. The van der Waals surface area contributed by atoms with Crippen LogP contribution in [0.15, 0.2) is 40.8 Å². The number of nitrogens with zero attached hydrogens (tertiary/aromatic N) is 2. The quantitative estimate of drug-likeness (QED) is 0.416. The molecule has 2 heterocycles. The van der Waals surface area contributed by atoms with Gasteiger partial charge in [0.1, 0.15) is 17.2 Å². The first-order valence-corrected chi connectivity index (χ1v) is 11.2. The fourth-order valence-electron chi connectivity index (χ4n) is 3.85. The fraction of sp³-hybridized carbons (Fsp3) is 0.300. The van der Waals surface area contributed by atoms with Gasteiger partial charge in [-0.25, -0.2) is 0 Å². The summed E-state index contributed by atoms with van der Waals surface area (Å²) < 4.78 is 31.8. The molecule has 2 aromatic rings. The van der Waals surface area contributed by atoms with E-state index in [0.717, 1.165) is 12.8 Å². The van der Waals surface area contributed by atoms with Gasteiger partial charge in [0.15, 0.2) is 5.84 Å². The molecule has 0 saturated carbocycles. The summed E-state index contributed by atoms with van der Waals surface area (Å²) in [7, 11) is -3.37. The number of amides is 1. The van der Waals surface area contributed by atoms with E-state index in [1.165, 1.54) is 18.2 Å². The number of nitrogens with two attached hydrogens (primary N) is 1. The van der Waals surface area contributed by atoms with Crippen LogP contribution in [0.2, 0.25) is 0 Å². The second-order valence-corrected chi connectivity index (χ2v) is 9.01. The molecule has 0 bridgehead atoms. The van der Waals surface area contributed by atoms with Gasteiger partial charge in [-0.3, -0.25) is 18.6 Å². The minimum atomic E-state index is -3.37. The highest BCUT2D eigenvalue weighted by atomic mass is 32.3. The van der Waals surface area contributed by atoms with E-state index in [4.69, 9.17) is 10.5 Å². The summed E-state index contributed by atoms with van der Waals surface area (Å²) in [5, 5.41) is 19.3. The molecule has 2 aromatic carbocycles. The molecule has 10 nitrogen and oxygen atoms in total. The number of fused-ring (bicyclic) bond motifs is 1. The summed E-state index contributed by atoms with van der Waals surface area (Å²) in [5.74, 6) is -0.0958. The highest BCUT2D eigenvalue weighted by Gasteiger charge is 2.28. The Hall–Kier alpha value is -3.15. The summed E-state index contributed by atoms with van der Waals surface area (Å²) >= 11 is 0. The number of benzene rings is 2. The number of anilines is 1. The van der Waals surface area contributed by atoms with E-state index >= 15 is 0 Å². The first-order valence-electron chi connectivity index (χ1n) is 9.72. The number of likely N-dealkylation sites (tertiary alicyclic amines) is 1. The van der Waals surface area contributed by atoms with Gasteiger partial charge >= 0.3 is 0 Å². The van der Waals surface area contributed by atoms with Crippen molar-refractivity contribution in [2.75, 3.05) is 24.4 Å². The Morgan fingerprint density at radius 1 is 1.26 bits per heavy atom. The van der Waals surface area contributed by atoms with Gasteiger partial charge in [0.2, 0.25) is 0 Å². The Labute approximate surface area is 180 Å². The zero-order valence-corrected chi connectivity index (χ0v) is 17.4. The number of ether oxygens (including phenoxy) is 1. The molecule has 7 N–H and O–H groups in total. The number of rotatable bonds is 4. The molecule has 2 aliphatic rings. The number of nitrogens with one attached hydrogen (secondary N) is 1. The van der Waals surface area contributed by atoms with E-state index in [-0.39, 0.29) is 34.7 Å². The smallest absolute Gasteiger partial charge is 0.254 e. The molecule has 31 heavy (non-hydrogen) atoms. The van der Waals surface area contributed by atoms with Gasteiger partial charge in [0, 0.05) is 30.6 Å². The Balaban J connectivity index is 1.44. The van der Waals surface area contributed by atoms with Crippen LogP contribution in [0.25, 0.3) is 0 Å². The molecule has 11 heteroatoms. The number of hydrogen-bond acceptors (Lipinski definition) is 9. The van der Waals surface area contributed by atoms with Crippen molar-refractivity contribution >= 4 is 28.4 Å². The van der Waals surface area contributed by atoms with Gasteiger partial charge in [-0.15, -0.1) is 4.40 Å². The number of carbonyl (C=O) groups excluding carboxylic acids is 1. The third-order valence-electron chi connectivity index (χ3n) is 5.19. The minimum absolute atomic E-state index is 0.0199. The van der Waals surface area contributed by atoms with Gasteiger partial charge < -0.3 is 25.6 Å². The zero-order chi connectivity index (χ0) is 22.2. The molecule has 1 saturated heterocycles. The van der Waals surface area contributed by atoms with E-state index in [2.05, 4.69) is 9.12 Å². The number of carbonyl (C=O) groups is 1. The van der Waals surface area contributed by atoms with Crippen LogP contribution in [0.3, 0.4) is 0 Å². The molecule has 1 amide bonds. The van der Waals surface area contributed by atoms with Crippen molar-refractivity contribution in [1.29, 1.82) is 0 Å². The van der Waals surface area contributed by atoms with Crippen molar-refractivity contribution in [2.24, 2.45) is 16.0 Å². The van der Waals surface area contributed by atoms with Crippen molar-refractivity contribution < 1.29 is 28.8 Å². The lowest BCUT2D eigenvalue weighted by Gasteiger charge is -2.34. The van der Waals surface area contributed by atoms with Crippen LogP contribution < -0.4 is 15.2 Å². The average Bonchev–Trinajstić information content (AvgIpc) is 2.70. The number of amidine groups is 1. The normalized spacial score (nSPS) is 20.8. The van der Waals surface area contributed by atoms with Gasteiger partial charge in [-0.05, 0) is 48.1 Å². The van der Waals surface area contributed by atoms with Gasteiger partial charge in [0.25, 0.3) is 5.91 Å². The Morgan fingerprint density at radius 3 is 2.74 bits per heavy atom. The van der Waals surface area contributed by atoms with Crippen LogP contribution in [-0.2, 0) is 0 Å². The van der Waals surface area contributed by atoms with Crippen LogP contribution in [0.4, 0.5) is 5.69 Å². The maximum absolute atomic E-state index is 12.8. The minimum Gasteiger partial charge on any atom is -0.508 e. The number of hydrogen-bond donors (Lipinski definition) is 6. The molecule has 0 aliphatic carbocycles. The van der Waals surface area contributed by atoms with E-state index in [9.17, 15) is 24.1 Å². The summed E-state index contributed by atoms with van der Waals surface area (Å²) in [6, 6.07) is 8.92. The topological polar surface area (TPSA) is 161 Å². The molecule has 0 radical (unpaired) electrons. The highest BCUT2D eigenvalue weighted by Crippen LogP contribution is 2.46. The lowest BCUT2D eigenvalue weighted by Crippen LogP contribution is -2.41. The second-order valence-electron chi connectivity index (χ2n) is 7.58. The first kappa shape index (κ1) is 21.1. The molecular formula is C20H24N4O6S. The number of aromatic hydroxyl groups is 2. The monoisotopic (exact) mass is 448 g/mol. The lowest BCUT2D eigenvalue weighted by molar-refractivity contribution is 0.0632. The van der Waals surface area contributed by atoms with Gasteiger partial charge in [-0.2, -0.15) is 0 Å². The van der Waals surface area contributed by atoms with E-state index in [0.29, 0.717) is 36.7 Å². The summed E-state index contributed by atoms with van der Waals surface area (Å²) in [4.78, 5) is 14.5. The molecule has 1 atom stereocenters. The Morgan fingerprint density at radius 2 is 2.00 bits per heavy atom. The number of piperidine rings is 1. The summed E-state index contributed by atoms with van der Waals surface area (Å²) in [6.07, 6.45) is 1.66. The fourth-order valence-corrected chi connectivity index (χ4v) is 4.72. The molecule has 2 aliphatic heterocycles. The lowest BCUT2D eigenvalue weighted by atomic mass is 9.98. The predicted octanol–water partition coefficient (Wildman–Crippen LogP) is 2.74.